The van der Waals surface area contributed by atoms with Gasteiger partial charge in [-0.25, -0.2) is 0 Å². The minimum Gasteiger partial charge on any atom is -0.390 e. The molecule has 0 aromatic heterocycles. The molecule has 1 aliphatic rings. The molecule has 21 heavy (non-hydrogen) atoms. The molecule has 0 spiro atoms. The summed E-state index contributed by atoms with van der Waals surface area (Å²) in [5.41, 5.74) is 1.72. The summed E-state index contributed by atoms with van der Waals surface area (Å²) in [6.07, 6.45) is 0.523. The highest BCUT2D eigenvalue weighted by molar-refractivity contribution is 6.42. The second-order valence-electron chi connectivity index (χ2n) is 5.47. The maximum atomic E-state index is 11.9. The number of carbonyl (C=O) groups is 1. The molecule has 1 aliphatic heterocycles. The highest BCUT2D eigenvalue weighted by atomic mass is 35.5. The Morgan fingerprint density at radius 2 is 2.14 bits per heavy atom. The smallest absolute Gasteiger partial charge is 0.224 e. The number of oxime groups is 1. The maximum Gasteiger partial charge on any atom is 0.224 e. The first kappa shape index (κ1) is 16.1. The standard InChI is InChI=1S/C15H18Cl2N2O2/c1-9(2)15(20)19(3)8-11-7-14(18-21-11)10-4-5-12(16)13(17)6-10/h4-6,9,11H,7-8H2,1-3H3/t11-/m0/s1. The summed E-state index contributed by atoms with van der Waals surface area (Å²) < 4.78 is 0. The number of carbonyl (C=O) groups excluding carboxylic acids is 1. The summed E-state index contributed by atoms with van der Waals surface area (Å²) >= 11 is 11.9. The molecule has 1 aromatic carbocycles. The zero-order chi connectivity index (χ0) is 15.6. The normalized spacial score (nSPS) is 17.6. The molecule has 1 amide bonds. The van der Waals surface area contributed by atoms with E-state index in [9.17, 15) is 4.79 Å². The Bertz CT molecular complexity index is 573. The van der Waals surface area contributed by atoms with Crippen LogP contribution < -0.4 is 0 Å². The first-order valence-electron chi connectivity index (χ1n) is 6.81. The van der Waals surface area contributed by atoms with Crippen molar-refractivity contribution in [2.75, 3.05) is 13.6 Å². The van der Waals surface area contributed by atoms with Crippen LogP contribution in [-0.4, -0.2) is 36.2 Å². The van der Waals surface area contributed by atoms with Crippen LogP contribution in [-0.2, 0) is 9.63 Å². The van der Waals surface area contributed by atoms with Gasteiger partial charge in [-0.05, 0) is 12.1 Å². The number of rotatable bonds is 4. The minimum atomic E-state index is -0.123. The van der Waals surface area contributed by atoms with Crippen molar-refractivity contribution in [3.05, 3.63) is 33.8 Å². The molecular formula is C15H18Cl2N2O2. The van der Waals surface area contributed by atoms with Crippen LogP contribution in [0.1, 0.15) is 25.8 Å². The fraction of sp³-hybridized carbons (Fsp3) is 0.467. The Kier molecular flexibility index (Phi) is 5.12. The van der Waals surface area contributed by atoms with Gasteiger partial charge in [0.25, 0.3) is 0 Å². The van der Waals surface area contributed by atoms with Crippen LogP contribution in [0.2, 0.25) is 10.0 Å². The molecule has 1 heterocycles. The molecule has 1 aromatic rings. The van der Waals surface area contributed by atoms with Gasteiger partial charge in [0.15, 0.2) is 6.10 Å². The van der Waals surface area contributed by atoms with E-state index in [1.54, 1.807) is 24.1 Å². The summed E-state index contributed by atoms with van der Waals surface area (Å²) in [7, 11) is 1.78. The number of hydrogen-bond acceptors (Lipinski definition) is 3. The highest BCUT2D eigenvalue weighted by Crippen LogP contribution is 2.25. The van der Waals surface area contributed by atoms with Crippen molar-refractivity contribution < 1.29 is 9.63 Å². The Balaban J connectivity index is 1.96. The predicted molar refractivity (Wildman–Crippen MR) is 85.0 cm³/mol. The molecule has 2 rings (SSSR count). The topological polar surface area (TPSA) is 41.9 Å². The molecule has 0 saturated carbocycles. The van der Waals surface area contributed by atoms with Crippen LogP contribution >= 0.6 is 23.2 Å². The zero-order valence-corrected chi connectivity index (χ0v) is 13.8. The van der Waals surface area contributed by atoms with Crippen LogP contribution in [0.15, 0.2) is 23.4 Å². The fourth-order valence-corrected chi connectivity index (χ4v) is 2.51. The molecule has 0 fully saturated rings. The molecule has 0 aliphatic carbocycles. The van der Waals surface area contributed by atoms with E-state index < -0.39 is 0 Å². The van der Waals surface area contributed by atoms with Crippen molar-refractivity contribution in [3.8, 4) is 0 Å². The van der Waals surface area contributed by atoms with Crippen LogP contribution in [0.4, 0.5) is 0 Å². The summed E-state index contributed by atoms with van der Waals surface area (Å²) in [5, 5.41) is 5.10. The first-order valence-corrected chi connectivity index (χ1v) is 7.57. The molecule has 1 atom stereocenters. The van der Waals surface area contributed by atoms with Gasteiger partial charge in [0.05, 0.1) is 22.3 Å². The van der Waals surface area contributed by atoms with Gasteiger partial charge < -0.3 is 9.74 Å². The third kappa shape index (κ3) is 3.89. The molecular weight excluding hydrogens is 311 g/mol. The number of nitrogens with zero attached hydrogens (tertiary/aromatic N) is 2. The lowest BCUT2D eigenvalue weighted by Crippen LogP contribution is -2.36. The van der Waals surface area contributed by atoms with E-state index in [-0.39, 0.29) is 17.9 Å². The van der Waals surface area contributed by atoms with E-state index in [1.807, 2.05) is 19.9 Å². The monoisotopic (exact) mass is 328 g/mol. The van der Waals surface area contributed by atoms with Crippen molar-refractivity contribution in [2.45, 2.75) is 26.4 Å². The summed E-state index contributed by atoms with van der Waals surface area (Å²) in [4.78, 5) is 19.0. The molecule has 6 heteroatoms. The van der Waals surface area contributed by atoms with Crippen molar-refractivity contribution in [1.29, 1.82) is 0 Å². The van der Waals surface area contributed by atoms with Gasteiger partial charge in [-0.2, -0.15) is 0 Å². The molecule has 0 unspecified atom stereocenters. The molecule has 0 N–H and O–H groups in total. The summed E-state index contributed by atoms with van der Waals surface area (Å²) in [6, 6.07) is 5.38. The van der Waals surface area contributed by atoms with Crippen molar-refractivity contribution in [3.63, 3.8) is 0 Å². The lowest BCUT2D eigenvalue weighted by Gasteiger charge is -2.21. The maximum absolute atomic E-state index is 11.9. The van der Waals surface area contributed by atoms with Gasteiger partial charge in [-0.3, -0.25) is 4.79 Å². The fourth-order valence-electron chi connectivity index (χ4n) is 2.21. The Morgan fingerprint density at radius 1 is 1.43 bits per heavy atom. The van der Waals surface area contributed by atoms with Gasteiger partial charge >= 0.3 is 0 Å². The van der Waals surface area contributed by atoms with Crippen LogP contribution in [0, 0.1) is 5.92 Å². The second-order valence-corrected chi connectivity index (χ2v) is 6.29. The van der Waals surface area contributed by atoms with E-state index in [2.05, 4.69) is 5.16 Å². The average Bonchev–Trinajstić information content (AvgIpc) is 2.89. The summed E-state index contributed by atoms with van der Waals surface area (Å²) in [6.45, 7) is 4.28. The van der Waals surface area contributed by atoms with Gasteiger partial charge in [0.1, 0.15) is 0 Å². The Labute approximate surface area is 134 Å². The van der Waals surface area contributed by atoms with Gasteiger partial charge in [0.2, 0.25) is 5.91 Å². The predicted octanol–water partition coefficient (Wildman–Crippen LogP) is 3.60. The van der Waals surface area contributed by atoms with E-state index in [0.717, 1.165) is 11.3 Å². The third-order valence-corrected chi connectivity index (χ3v) is 4.07. The number of halogens is 2. The third-order valence-electron chi connectivity index (χ3n) is 3.33. The van der Waals surface area contributed by atoms with Crippen LogP contribution in [0.5, 0.6) is 0 Å². The van der Waals surface area contributed by atoms with Gasteiger partial charge in [-0.1, -0.05) is 48.3 Å². The van der Waals surface area contributed by atoms with Gasteiger partial charge in [0, 0.05) is 24.9 Å². The van der Waals surface area contributed by atoms with Gasteiger partial charge in [-0.15, -0.1) is 0 Å². The lowest BCUT2D eigenvalue weighted by atomic mass is 10.0. The van der Waals surface area contributed by atoms with E-state index >= 15 is 0 Å². The summed E-state index contributed by atoms with van der Waals surface area (Å²) in [5.74, 6) is 0.0773. The average molecular weight is 329 g/mol. The number of amides is 1. The number of likely N-dealkylation sites (N-methyl/N-ethyl adjacent to an activating group) is 1. The molecule has 0 bridgehead atoms. The lowest BCUT2D eigenvalue weighted by molar-refractivity contribution is -0.134. The van der Waals surface area contributed by atoms with Crippen molar-refractivity contribution in [1.82, 2.24) is 4.90 Å². The minimum absolute atomic E-state index is 0.0214. The molecule has 114 valence electrons. The Hall–Kier alpha value is -1.26. The van der Waals surface area contributed by atoms with Crippen molar-refractivity contribution >= 4 is 34.8 Å². The van der Waals surface area contributed by atoms with Crippen LogP contribution in [0.25, 0.3) is 0 Å². The highest BCUT2D eigenvalue weighted by Gasteiger charge is 2.26. The molecule has 0 radical (unpaired) electrons. The zero-order valence-electron chi connectivity index (χ0n) is 12.3. The molecule has 4 nitrogen and oxygen atoms in total. The number of hydrogen-bond donors (Lipinski definition) is 0. The Morgan fingerprint density at radius 3 is 2.76 bits per heavy atom. The van der Waals surface area contributed by atoms with Crippen LogP contribution in [0.3, 0.4) is 0 Å². The SMILES string of the molecule is CC(C)C(=O)N(C)C[C@@H]1CC(c2ccc(Cl)c(Cl)c2)=NO1. The molecule has 0 saturated heterocycles. The first-order chi connectivity index (χ1) is 9.88. The van der Waals surface area contributed by atoms with E-state index in [4.69, 9.17) is 28.0 Å². The number of benzene rings is 1. The van der Waals surface area contributed by atoms with E-state index in [1.165, 1.54) is 0 Å². The largest absolute Gasteiger partial charge is 0.390 e. The van der Waals surface area contributed by atoms with Crippen molar-refractivity contribution in [2.24, 2.45) is 11.1 Å². The van der Waals surface area contributed by atoms with E-state index in [0.29, 0.717) is 23.0 Å². The quantitative estimate of drug-likeness (QED) is 0.847. The second kappa shape index (κ2) is 6.67.